The zero-order valence-corrected chi connectivity index (χ0v) is 17.1. The van der Waals surface area contributed by atoms with Crippen molar-refractivity contribution in [3.05, 3.63) is 83.4 Å². The van der Waals surface area contributed by atoms with Crippen LogP contribution in [0.2, 0.25) is 0 Å². The number of fused-ring (bicyclic) bond motifs is 1. The first-order chi connectivity index (χ1) is 15.6. The molecule has 3 N–H and O–H groups in total. The van der Waals surface area contributed by atoms with Gasteiger partial charge >= 0.3 is 0 Å². The molecule has 0 unspecified atom stereocenters. The second-order valence-electron chi connectivity index (χ2n) is 7.44. The highest BCUT2D eigenvalue weighted by atomic mass is 16.2. The number of aromatic nitrogens is 6. The predicted molar refractivity (Wildman–Crippen MR) is 119 cm³/mol. The normalized spacial score (nSPS) is 10.9. The highest BCUT2D eigenvalue weighted by Crippen LogP contribution is 2.28. The number of nitrogens with one attached hydrogen (secondary N) is 3. The molecule has 5 rings (SSSR count). The Hall–Kier alpha value is -4.71. The van der Waals surface area contributed by atoms with E-state index >= 15 is 0 Å². The monoisotopic (exact) mass is 422 g/mol. The maximum absolute atomic E-state index is 12.9. The van der Waals surface area contributed by atoms with Crippen molar-refractivity contribution in [3.8, 4) is 17.3 Å². The molecule has 0 atom stereocenters. The molecule has 156 valence electrons. The highest BCUT2D eigenvalue weighted by molar-refractivity contribution is 6.11. The summed E-state index contributed by atoms with van der Waals surface area (Å²) in [6.07, 6.45) is 5.10. The summed E-state index contributed by atoms with van der Waals surface area (Å²) in [5.41, 5.74) is 5.97. The van der Waals surface area contributed by atoms with E-state index in [1.807, 2.05) is 43.3 Å². The largest absolute Gasteiger partial charge is 0.318 e. The molecule has 0 aliphatic carbocycles. The van der Waals surface area contributed by atoms with Gasteiger partial charge in [0.15, 0.2) is 5.69 Å². The van der Waals surface area contributed by atoms with Crippen molar-refractivity contribution < 1.29 is 4.79 Å². The maximum Gasteiger partial charge on any atom is 0.276 e. The molecule has 9 nitrogen and oxygen atoms in total. The van der Waals surface area contributed by atoms with Crippen LogP contribution in [0, 0.1) is 18.3 Å². The van der Waals surface area contributed by atoms with Crippen LogP contribution in [0.1, 0.15) is 27.2 Å². The standard InChI is InChI=1S/C23H18N8O/c1-14-7-19-21(9-18(14)20-5-6-25-28-20)29-30-22(19)23(32)27-17-11-26-31(13-17)12-16-4-2-3-15(8-16)10-24/h2-9,11,13H,12H2,1H3,(H,25,28)(H,27,32)(H,29,30). The van der Waals surface area contributed by atoms with Crippen LogP contribution >= 0.6 is 0 Å². The summed E-state index contributed by atoms with van der Waals surface area (Å²) >= 11 is 0. The number of aromatic amines is 2. The van der Waals surface area contributed by atoms with Crippen LogP contribution in [0.4, 0.5) is 5.69 Å². The molecule has 3 aromatic heterocycles. The van der Waals surface area contributed by atoms with Gasteiger partial charge in [-0.05, 0) is 48.4 Å². The second-order valence-corrected chi connectivity index (χ2v) is 7.44. The maximum atomic E-state index is 12.9. The van der Waals surface area contributed by atoms with Gasteiger partial charge in [-0.1, -0.05) is 12.1 Å². The molecule has 0 fully saturated rings. The van der Waals surface area contributed by atoms with E-state index in [-0.39, 0.29) is 5.91 Å². The number of carbonyl (C=O) groups is 1. The third-order valence-electron chi connectivity index (χ3n) is 5.19. The number of H-pyrrole nitrogens is 2. The minimum Gasteiger partial charge on any atom is -0.318 e. The molecule has 32 heavy (non-hydrogen) atoms. The number of benzene rings is 2. The minimum atomic E-state index is -0.325. The molecule has 0 spiro atoms. The molecule has 1 amide bonds. The lowest BCUT2D eigenvalue weighted by Crippen LogP contribution is -2.12. The first kappa shape index (κ1) is 19.3. The molecular formula is C23H18N8O. The second kappa shape index (κ2) is 7.85. The summed E-state index contributed by atoms with van der Waals surface area (Å²) < 4.78 is 1.70. The number of carbonyl (C=O) groups excluding carboxylic acids is 1. The highest BCUT2D eigenvalue weighted by Gasteiger charge is 2.17. The van der Waals surface area contributed by atoms with Gasteiger partial charge in [-0.3, -0.25) is 19.7 Å². The van der Waals surface area contributed by atoms with E-state index in [0.29, 0.717) is 23.5 Å². The lowest BCUT2D eigenvalue weighted by Gasteiger charge is -2.04. The van der Waals surface area contributed by atoms with Gasteiger partial charge in [0, 0.05) is 23.3 Å². The van der Waals surface area contributed by atoms with Crippen LogP contribution in [-0.4, -0.2) is 36.1 Å². The predicted octanol–water partition coefficient (Wildman–Crippen LogP) is 3.63. The molecular weight excluding hydrogens is 404 g/mol. The minimum absolute atomic E-state index is 0.311. The van der Waals surface area contributed by atoms with Gasteiger partial charge in [0.2, 0.25) is 0 Å². The molecule has 0 saturated heterocycles. The number of amides is 1. The Morgan fingerprint density at radius 2 is 2.12 bits per heavy atom. The molecule has 5 aromatic rings. The number of rotatable bonds is 5. The summed E-state index contributed by atoms with van der Waals surface area (Å²) in [4.78, 5) is 12.9. The van der Waals surface area contributed by atoms with Crippen molar-refractivity contribution in [2.45, 2.75) is 13.5 Å². The van der Waals surface area contributed by atoms with Crippen LogP contribution in [0.25, 0.3) is 22.2 Å². The molecule has 0 saturated carbocycles. The molecule has 9 heteroatoms. The average Bonchev–Trinajstić information content (AvgIpc) is 3.54. The fourth-order valence-electron chi connectivity index (χ4n) is 3.66. The number of aryl methyl sites for hydroxylation is 1. The van der Waals surface area contributed by atoms with E-state index in [2.05, 4.69) is 36.9 Å². The Kier molecular flexibility index (Phi) is 4.72. The number of hydrogen-bond acceptors (Lipinski definition) is 5. The SMILES string of the molecule is Cc1cc2c(C(=O)Nc3cnn(Cc4cccc(C#N)c4)c3)n[nH]c2cc1-c1cc[nH]n1. The van der Waals surface area contributed by atoms with Crippen molar-refractivity contribution in [1.29, 1.82) is 5.26 Å². The Morgan fingerprint density at radius 1 is 1.22 bits per heavy atom. The van der Waals surface area contributed by atoms with Crippen LogP contribution in [0.3, 0.4) is 0 Å². The van der Waals surface area contributed by atoms with Crippen molar-refractivity contribution in [2.24, 2.45) is 0 Å². The zero-order valence-electron chi connectivity index (χ0n) is 17.1. The quantitative estimate of drug-likeness (QED) is 0.398. The lowest BCUT2D eigenvalue weighted by molar-refractivity contribution is 0.102. The van der Waals surface area contributed by atoms with Crippen molar-refractivity contribution >= 4 is 22.5 Å². The summed E-state index contributed by atoms with van der Waals surface area (Å²) in [5, 5.41) is 31.1. The van der Waals surface area contributed by atoms with Gasteiger partial charge in [-0.25, -0.2) is 0 Å². The fourth-order valence-corrected chi connectivity index (χ4v) is 3.66. The van der Waals surface area contributed by atoms with Crippen molar-refractivity contribution in [2.75, 3.05) is 5.32 Å². The van der Waals surface area contributed by atoms with Gasteiger partial charge in [-0.15, -0.1) is 0 Å². The zero-order chi connectivity index (χ0) is 22.1. The fraction of sp³-hybridized carbons (Fsp3) is 0.0870. The molecule has 3 heterocycles. The van der Waals surface area contributed by atoms with Crippen molar-refractivity contribution in [3.63, 3.8) is 0 Å². The Morgan fingerprint density at radius 3 is 2.94 bits per heavy atom. The Balaban J connectivity index is 1.35. The number of hydrogen-bond donors (Lipinski definition) is 3. The van der Waals surface area contributed by atoms with Gasteiger partial charge in [0.05, 0.1) is 41.3 Å². The van der Waals surface area contributed by atoms with E-state index in [0.717, 1.165) is 33.3 Å². The van der Waals surface area contributed by atoms with E-state index in [4.69, 9.17) is 5.26 Å². The number of nitriles is 1. The van der Waals surface area contributed by atoms with Crippen LogP contribution in [-0.2, 0) is 6.54 Å². The number of nitrogens with zero attached hydrogens (tertiary/aromatic N) is 5. The summed E-state index contributed by atoms with van der Waals surface area (Å²) in [5.74, 6) is -0.325. The Bertz CT molecular complexity index is 1470. The Labute approximate surface area is 182 Å². The van der Waals surface area contributed by atoms with E-state index < -0.39 is 0 Å². The topological polar surface area (TPSA) is 128 Å². The van der Waals surface area contributed by atoms with Gasteiger partial charge in [-0.2, -0.15) is 20.6 Å². The lowest BCUT2D eigenvalue weighted by atomic mass is 10.0. The van der Waals surface area contributed by atoms with Crippen LogP contribution in [0.5, 0.6) is 0 Å². The first-order valence-electron chi connectivity index (χ1n) is 9.92. The van der Waals surface area contributed by atoms with Gasteiger partial charge in [0.1, 0.15) is 0 Å². The van der Waals surface area contributed by atoms with Crippen molar-refractivity contribution in [1.82, 2.24) is 30.2 Å². The molecule has 0 bridgehead atoms. The molecule has 0 radical (unpaired) electrons. The van der Waals surface area contributed by atoms with Gasteiger partial charge in [0.25, 0.3) is 5.91 Å². The average molecular weight is 422 g/mol. The van der Waals surface area contributed by atoms with E-state index in [1.165, 1.54) is 0 Å². The third-order valence-corrected chi connectivity index (χ3v) is 5.19. The molecule has 0 aliphatic heterocycles. The summed E-state index contributed by atoms with van der Waals surface area (Å²) in [7, 11) is 0. The van der Waals surface area contributed by atoms with Gasteiger partial charge < -0.3 is 5.32 Å². The summed E-state index contributed by atoms with van der Waals surface area (Å²) in [6.45, 7) is 2.47. The van der Waals surface area contributed by atoms with Crippen LogP contribution in [0.15, 0.2) is 61.1 Å². The summed E-state index contributed by atoms with van der Waals surface area (Å²) in [6, 6.07) is 15.2. The van der Waals surface area contributed by atoms with E-state index in [9.17, 15) is 4.79 Å². The third kappa shape index (κ3) is 3.61. The smallest absolute Gasteiger partial charge is 0.276 e. The van der Waals surface area contributed by atoms with E-state index in [1.54, 1.807) is 29.3 Å². The number of anilines is 1. The molecule has 0 aliphatic rings. The first-order valence-corrected chi connectivity index (χ1v) is 9.92. The van der Waals surface area contributed by atoms with Crippen LogP contribution < -0.4 is 5.32 Å². The molecule has 2 aromatic carbocycles.